The predicted octanol–water partition coefficient (Wildman–Crippen LogP) is 4.04. The summed E-state index contributed by atoms with van der Waals surface area (Å²) in [5, 5.41) is 3.88. The van der Waals surface area contributed by atoms with Gasteiger partial charge in [-0.3, -0.25) is 4.79 Å². The lowest BCUT2D eigenvalue weighted by Crippen LogP contribution is -2.36. The number of aryl methyl sites for hydroxylation is 1. The van der Waals surface area contributed by atoms with Crippen LogP contribution in [0.5, 0.6) is 0 Å². The van der Waals surface area contributed by atoms with Crippen LogP contribution >= 0.6 is 11.6 Å². The number of rotatable bonds is 6. The topological polar surface area (TPSA) is 32.3 Å². The maximum Gasteiger partial charge on any atom is 0.220 e. The van der Waals surface area contributed by atoms with Crippen molar-refractivity contribution in [1.82, 2.24) is 10.2 Å². The van der Waals surface area contributed by atoms with Gasteiger partial charge in [-0.15, -0.1) is 0 Å². The molecule has 3 nitrogen and oxygen atoms in total. The summed E-state index contributed by atoms with van der Waals surface area (Å²) in [4.78, 5) is 14.8. The zero-order chi connectivity index (χ0) is 16.8. The highest BCUT2D eigenvalue weighted by molar-refractivity contribution is 6.31. The summed E-state index contributed by atoms with van der Waals surface area (Å²) < 4.78 is 0. The van der Waals surface area contributed by atoms with Crippen molar-refractivity contribution in [3.63, 3.8) is 0 Å². The van der Waals surface area contributed by atoms with Crippen LogP contribution in [0.2, 0.25) is 5.02 Å². The van der Waals surface area contributed by atoms with Crippen molar-refractivity contribution in [3.05, 3.63) is 34.9 Å². The van der Waals surface area contributed by atoms with E-state index in [-0.39, 0.29) is 5.91 Å². The molecule has 1 atom stereocenters. The van der Waals surface area contributed by atoms with Gasteiger partial charge in [-0.1, -0.05) is 49.1 Å². The predicted molar refractivity (Wildman–Crippen MR) is 99.3 cm³/mol. The fourth-order valence-electron chi connectivity index (χ4n) is 4.10. The molecular formula is C20H29ClN2O. The molecule has 1 aliphatic carbocycles. The van der Waals surface area contributed by atoms with Gasteiger partial charge < -0.3 is 10.2 Å². The highest BCUT2D eigenvalue weighted by atomic mass is 35.5. The number of benzene rings is 1. The molecule has 0 bridgehead atoms. The Morgan fingerprint density at radius 3 is 2.75 bits per heavy atom. The number of carbonyl (C=O) groups excluding carboxylic acids is 1. The zero-order valence-electron chi connectivity index (χ0n) is 14.5. The Bertz CT molecular complexity index is 542. The Kier molecular flexibility index (Phi) is 6.56. The van der Waals surface area contributed by atoms with E-state index in [1.54, 1.807) is 0 Å². The number of carbonyl (C=O) groups is 1. The molecule has 24 heavy (non-hydrogen) atoms. The number of hydrogen-bond donors (Lipinski definition) is 1. The minimum atomic E-state index is 0.144. The second-order valence-corrected chi connectivity index (χ2v) is 7.74. The number of halogens is 1. The standard InChI is InChI=1S/C20H29ClN2O/c21-19-9-5-4-6-17(19)10-11-20(24)22-14-16-12-13-23(15-16)18-7-2-1-3-8-18/h4-6,9,16,18H,1-3,7-8,10-15H2,(H,22,24). The molecular weight excluding hydrogens is 320 g/mol. The largest absolute Gasteiger partial charge is 0.356 e. The smallest absolute Gasteiger partial charge is 0.220 e. The summed E-state index contributed by atoms with van der Waals surface area (Å²) in [7, 11) is 0. The van der Waals surface area contributed by atoms with Crippen molar-refractivity contribution in [2.45, 2.75) is 57.4 Å². The SMILES string of the molecule is O=C(CCc1ccccc1Cl)NCC1CCN(C2CCCCC2)C1. The quantitative estimate of drug-likeness (QED) is 0.841. The van der Waals surface area contributed by atoms with Gasteiger partial charge in [0, 0.05) is 30.6 Å². The maximum absolute atomic E-state index is 12.1. The van der Waals surface area contributed by atoms with Crippen LogP contribution < -0.4 is 5.32 Å². The van der Waals surface area contributed by atoms with Gasteiger partial charge in [0.2, 0.25) is 5.91 Å². The van der Waals surface area contributed by atoms with Crippen LogP contribution in [0.15, 0.2) is 24.3 Å². The third-order valence-electron chi connectivity index (χ3n) is 5.58. The van der Waals surface area contributed by atoms with Crippen molar-refractivity contribution >= 4 is 17.5 Å². The Hall–Kier alpha value is -1.06. The summed E-state index contributed by atoms with van der Waals surface area (Å²) in [5.41, 5.74) is 1.05. The molecule has 1 aromatic carbocycles. The maximum atomic E-state index is 12.1. The van der Waals surface area contributed by atoms with E-state index in [2.05, 4.69) is 10.2 Å². The second-order valence-electron chi connectivity index (χ2n) is 7.34. The first-order valence-electron chi connectivity index (χ1n) is 9.46. The molecule has 1 unspecified atom stereocenters. The van der Waals surface area contributed by atoms with Gasteiger partial charge in [0.1, 0.15) is 0 Å². The molecule has 2 fully saturated rings. The van der Waals surface area contributed by atoms with Crippen LogP contribution in [-0.4, -0.2) is 36.5 Å². The Balaban J connectivity index is 1.35. The highest BCUT2D eigenvalue weighted by Crippen LogP contribution is 2.27. The summed E-state index contributed by atoms with van der Waals surface area (Å²) >= 11 is 6.14. The van der Waals surface area contributed by atoms with E-state index < -0.39 is 0 Å². The molecule has 3 rings (SSSR count). The molecule has 1 aliphatic heterocycles. The lowest BCUT2D eigenvalue weighted by molar-refractivity contribution is -0.121. The van der Waals surface area contributed by atoms with Crippen LogP contribution in [-0.2, 0) is 11.2 Å². The third-order valence-corrected chi connectivity index (χ3v) is 5.94. The van der Waals surface area contributed by atoms with Crippen LogP contribution in [0.3, 0.4) is 0 Å². The van der Waals surface area contributed by atoms with Crippen LogP contribution in [0.1, 0.15) is 50.5 Å². The number of hydrogen-bond acceptors (Lipinski definition) is 2. The Labute approximate surface area is 150 Å². The first-order valence-corrected chi connectivity index (χ1v) is 9.84. The minimum Gasteiger partial charge on any atom is -0.356 e. The molecule has 0 radical (unpaired) electrons. The van der Waals surface area contributed by atoms with Crippen LogP contribution in [0, 0.1) is 5.92 Å². The van der Waals surface area contributed by atoms with Crippen molar-refractivity contribution in [1.29, 1.82) is 0 Å². The number of nitrogens with zero attached hydrogens (tertiary/aromatic N) is 1. The number of amides is 1. The first kappa shape index (κ1) is 17.8. The Morgan fingerprint density at radius 2 is 1.96 bits per heavy atom. The van der Waals surface area contributed by atoms with E-state index in [0.717, 1.165) is 29.7 Å². The van der Waals surface area contributed by atoms with Gasteiger partial charge in [0.15, 0.2) is 0 Å². The van der Waals surface area contributed by atoms with E-state index in [0.29, 0.717) is 18.8 Å². The minimum absolute atomic E-state index is 0.144. The van der Waals surface area contributed by atoms with E-state index in [1.165, 1.54) is 45.1 Å². The summed E-state index contributed by atoms with van der Waals surface area (Å²) in [5.74, 6) is 0.766. The molecule has 2 aliphatic rings. The number of likely N-dealkylation sites (tertiary alicyclic amines) is 1. The van der Waals surface area contributed by atoms with Gasteiger partial charge in [-0.2, -0.15) is 0 Å². The average molecular weight is 349 g/mol. The first-order chi connectivity index (χ1) is 11.7. The Morgan fingerprint density at radius 1 is 1.17 bits per heavy atom. The fraction of sp³-hybridized carbons (Fsp3) is 0.650. The van der Waals surface area contributed by atoms with Crippen molar-refractivity contribution in [2.75, 3.05) is 19.6 Å². The fourth-order valence-corrected chi connectivity index (χ4v) is 4.33. The lowest BCUT2D eigenvalue weighted by Gasteiger charge is -2.31. The summed E-state index contributed by atoms with van der Waals surface area (Å²) in [6, 6.07) is 8.57. The molecule has 4 heteroatoms. The summed E-state index contributed by atoms with van der Waals surface area (Å²) in [6.45, 7) is 3.20. The van der Waals surface area contributed by atoms with E-state index in [9.17, 15) is 4.79 Å². The van der Waals surface area contributed by atoms with Crippen molar-refractivity contribution in [2.24, 2.45) is 5.92 Å². The zero-order valence-corrected chi connectivity index (χ0v) is 15.2. The second kappa shape index (κ2) is 8.87. The van der Waals surface area contributed by atoms with Gasteiger partial charge in [-0.25, -0.2) is 0 Å². The van der Waals surface area contributed by atoms with Crippen LogP contribution in [0.4, 0.5) is 0 Å². The summed E-state index contributed by atoms with van der Waals surface area (Å²) in [6.07, 6.45) is 9.40. The molecule has 1 aromatic rings. The molecule has 1 heterocycles. The average Bonchev–Trinajstić information content (AvgIpc) is 3.09. The van der Waals surface area contributed by atoms with Gasteiger partial charge in [0.25, 0.3) is 0 Å². The van der Waals surface area contributed by atoms with Gasteiger partial charge in [0.05, 0.1) is 0 Å². The van der Waals surface area contributed by atoms with Gasteiger partial charge >= 0.3 is 0 Å². The van der Waals surface area contributed by atoms with Gasteiger partial charge in [-0.05, 0) is 49.8 Å². The van der Waals surface area contributed by atoms with E-state index in [1.807, 2.05) is 24.3 Å². The van der Waals surface area contributed by atoms with Crippen molar-refractivity contribution < 1.29 is 4.79 Å². The van der Waals surface area contributed by atoms with E-state index in [4.69, 9.17) is 11.6 Å². The van der Waals surface area contributed by atoms with E-state index >= 15 is 0 Å². The molecule has 1 amide bonds. The number of nitrogens with one attached hydrogen (secondary N) is 1. The molecule has 1 saturated heterocycles. The lowest BCUT2D eigenvalue weighted by atomic mass is 9.94. The molecule has 1 saturated carbocycles. The van der Waals surface area contributed by atoms with Crippen molar-refractivity contribution in [3.8, 4) is 0 Å². The molecule has 0 aromatic heterocycles. The normalized spacial score (nSPS) is 22.6. The molecule has 0 spiro atoms. The van der Waals surface area contributed by atoms with Crippen LogP contribution in [0.25, 0.3) is 0 Å². The monoisotopic (exact) mass is 348 g/mol. The molecule has 132 valence electrons. The third kappa shape index (κ3) is 4.97. The molecule has 1 N–H and O–H groups in total. The highest BCUT2D eigenvalue weighted by Gasteiger charge is 2.29.